The molecule has 1 saturated heterocycles. The Morgan fingerprint density at radius 2 is 1.72 bits per heavy atom. The van der Waals surface area contributed by atoms with Crippen LogP contribution >= 0.6 is 0 Å². The minimum Gasteiger partial charge on any atom is -0.396 e. The number of fused-ring (bicyclic) bond motifs is 2. The van der Waals surface area contributed by atoms with E-state index in [-0.39, 0.29) is 35.7 Å². The van der Waals surface area contributed by atoms with Crippen LogP contribution in [0.3, 0.4) is 0 Å². The number of nitrogens with one attached hydrogen (secondary N) is 1. The van der Waals surface area contributed by atoms with Gasteiger partial charge in [-0.3, -0.25) is 4.79 Å². The zero-order valence-electron chi connectivity index (χ0n) is 17.3. The van der Waals surface area contributed by atoms with Gasteiger partial charge in [-0.2, -0.15) is 0 Å². The minimum atomic E-state index is -0.670. The Hall–Kier alpha value is -2.80. The zero-order valence-corrected chi connectivity index (χ0v) is 17.3. The molecule has 3 aromatic rings. The Kier molecular flexibility index (Phi) is 4.41. The van der Waals surface area contributed by atoms with Gasteiger partial charge in [-0.1, -0.05) is 0 Å². The van der Waals surface area contributed by atoms with Crippen LogP contribution < -0.4 is 0 Å². The maximum atomic E-state index is 14.5. The van der Waals surface area contributed by atoms with E-state index in [2.05, 4.69) is 4.98 Å². The Bertz CT molecular complexity index is 1200. The normalized spacial score (nSPS) is 28.6. The molecule has 2 heterocycles. The Labute approximate surface area is 183 Å². The highest BCUT2D eigenvalue weighted by Crippen LogP contribution is 2.53. The molecule has 2 saturated carbocycles. The van der Waals surface area contributed by atoms with Gasteiger partial charge in [0.1, 0.15) is 17.5 Å². The second-order valence-corrected chi connectivity index (χ2v) is 9.51. The number of likely N-dealkylation sites (tertiary alicyclic amines) is 1. The molecule has 1 amide bonds. The average molecular weight is 440 g/mol. The number of carbonyl (C=O) groups is 1. The van der Waals surface area contributed by atoms with E-state index in [1.165, 1.54) is 18.2 Å². The molecular formula is C25H23F3N2O2. The zero-order chi connectivity index (χ0) is 22.1. The monoisotopic (exact) mass is 440 g/mol. The fourth-order valence-corrected chi connectivity index (χ4v) is 5.92. The van der Waals surface area contributed by atoms with Crippen molar-refractivity contribution in [1.29, 1.82) is 0 Å². The molecule has 1 aromatic heterocycles. The summed E-state index contributed by atoms with van der Waals surface area (Å²) in [7, 11) is 0. The third-order valence-electron chi connectivity index (χ3n) is 7.79. The molecule has 1 aliphatic heterocycles. The highest BCUT2D eigenvalue weighted by molar-refractivity contribution is 5.92. The smallest absolute Gasteiger partial charge is 0.225 e. The van der Waals surface area contributed by atoms with E-state index in [1.54, 1.807) is 12.1 Å². The van der Waals surface area contributed by atoms with Crippen molar-refractivity contribution in [2.75, 3.05) is 19.7 Å². The summed E-state index contributed by atoms with van der Waals surface area (Å²) in [5.74, 6) is -0.443. The number of H-pyrrole nitrogens is 1. The van der Waals surface area contributed by atoms with Crippen molar-refractivity contribution in [2.24, 2.45) is 23.7 Å². The second-order valence-electron chi connectivity index (χ2n) is 9.51. The van der Waals surface area contributed by atoms with Crippen molar-refractivity contribution in [2.45, 2.75) is 18.8 Å². The van der Waals surface area contributed by atoms with E-state index in [0.717, 1.165) is 24.7 Å². The van der Waals surface area contributed by atoms with Gasteiger partial charge in [0.2, 0.25) is 5.91 Å². The van der Waals surface area contributed by atoms with Crippen molar-refractivity contribution in [3.8, 4) is 11.3 Å². The summed E-state index contributed by atoms with van der Waals surface area (Å²) in [6.45, 7) is 1.64. The summed E-state index contributed by atoms with van der Waals surface area (Å²) in [5.41, 5.74) is 2.36. The summed E-state index contributed by atoms with van der Waals surface area (Å²) in [6, 6.07) is 8.10. The molecular weight excluding hydrogens is 417 g/mol. The highest BCUT2D eigenvalue weighted by atomic mass is 19.1. The van der Waals surface area contributed by atoms with Gasteiger partial charge in [0.05, 0.1) is 11.2 Å². The lowest BCUT2D eigenvalue weighted by Gasteiger charge is -2.37. The molecule has 6 rings (SSSR count). The number of nitrogens with zero attached hydrogens (tertiary/aromatic N) is 1. The van der Waals surface area contributed by atoms with Crippen molar-refractivity contribution in [3.05, 3.63) is 59.4 Å². The summed E-state index contributed by atoms with van der Waals surface area (Å²) < 4.78 is 42.0. The number of aromatic nitrogens is 1. The lowest BCUT2D eigenvalue weighted by molar-refractivity contribution is -0.138. The molecule has 0 bridgehead atoms. The van der Waals surface area contributed by atoms with E-state index in [0.29, 0.717) is 47.2 Å². The van der Waals surface area contributed by atoms with E-state index >= 15 is 0 Å². The SMILES string of the molecule is O=C([C@H]1C[C@H](c2c(-c3ccc(F)cc3)[nH]c3c(F)cc(F)cc32)C1)N1C[C@@H]2[C@@H](CO)[C@@H]2C1. The fourth-order valence-electron chi connectivity index (χ4n) is 5.92. The van der Waals surface area contributed by atoms with Gasteiger partial charge in [0.25, 0.3) is 0 Å². The van der Waals surface area contributed by atoms with Crippen molar-refractivity contribution < 1.29 is 23.1 Å². The predicted octanol–water partition coefficient (Wildman–Crippen LogP) is 4.44. The number of hydrogen-bond acceptors (Lipinski definition) is 2. The minimum absolute atomic E-state index is 0.0127. The number of aromatic amines is 1. The molecule has 3 atom stereocenters. The number of halogens is 3. The predicted molar refractivity (Wildman–Crippen MR) is 113 cm³/mol. The van der Waals surface area contributed by atoms with Crippen LogP contribution in [0.1, 0.15) is 24.3 Å². The Morgan fingerprint density at radius 3 is 2.38 bits per heavy atom. The van der Waals surface area contributed by atoms with Crippen molar-refractivity contribution in [3.63, 3.8) is 0 Å². The first-order valence-electron chi connectivity index (χ1n) is 11.1. The number of aliphatic hydroxyl groups excluding tert-OH is 1. The van der Waals surface area contributed by atoms with Gasteiger partial charge in [-0.05, 0) is 78.0 Å². The number of hydrogen-bond donors (Lipinski definition) is 2. The van der Waals surface area contributed by atoms with Gasteiger partial charge in [0.15, 0.2) is 0 Å². The number of rotatable bonds is 4. The second kappa shape index (κ2) is 7.10. The maximum absolute atomic E-state index is 14.5. The standard InChI is InChI=1S/C25H23F3N2O2/c26-15-3-1-12(2-4-15)23-22(17-7-16(27)8-21(28)24(17)29-23)13-5-14(6-13)25(32)30-9-18-19(10-30)20(18)11-31/h1-4,7-8,13-14,18-20,29,31H,5-6,9-11H2/t13-,14-,18-,19+,20+. The van der Waals surface area contributed by atoms with Crippen LogP contribution in [-0.2, 0) is 4.79 Å². The largest absolute Gasteiger partial charge is 0.396 e. The quantitative estimate of drug-likeness (QED) is 0.630. The number of aliphatic hydroxyl groups is 1. The summed E-state index contributed by atoms with van der Waals surface area (Å²) in [6.07, 6.45) is 1.24. The Balaban J connectivity index is 1.28. The van der Waals surface area contributed by atoms with E-state index < -0.39 is 11.6 Å². The van der Waals surface area contributed by atoms with Gasteiger partial charge < -0.3 is 15.0 Å². The fraction of sp³-hybridized carbons (Fsp3) is 0.400. The van der Waals surface area contributed by atoms with E-state index in [1.807, 2.05) is 4.90 Å². The molecule has 3 aliphatic rings. The van der Waals surface area contributed by atoms with Crippen LogP contribution in [0.25, 0.3) is 22.2 Å². The molecule has 0 spiro atoms. The van der Waals surface area contributed by atoms with Crippen LogP contribution in [0.2, 0.25) is 0 Å². The summed E-state index contributed by atoms with van der Waals surface area (Å²) >= 11 is 0. The summed E-state index contributed by atoms with van der Waals surface area (Å²) in [4.78, 5) is 18.0. The number of carbonyl (C=O) groups excluding carboxylic acids is 1. The molecule has 32 heavy (non-hydrogen) atoms. The molecule has 3 fully saturated rings. The molecule has 166 valence electrons. The van der Waals surface area contributed by atoms with Gasteiger partial charge >= 0.3 is 0 Å². The first-order chi connectivity index (χ1) is 15.4. The van der Waals surface area contributed by atoms with Crippen LogP contribution in [0.15, 0.2) is 36.4 Å². The molecule has 2 aliphatic carbocycles. The molecule has 2 aromatic carbocycles. The van der Waals surface area contributed by atoms with E-state index in [9.17, 15) is 23.1 Å². The molecule has 4 nitrogen and oxygen atoms in total. The Morgan fingerprint density at radius 1 is 1.03 bits per heavy atom. The van der Waals surface area contributed by atoms with Crippen LogP contribution in [0.4, 0.5) is 13.2 Å². The van der Waals surface area contributed by atoms with Gasteiger partial charge in [-0.25, -0.2) is 13.2 Å². The van der Waals surface area contributed by atoms with Crippen molar-refractivity contribution >= 4 is 16.8 Å². The highest BCUT2D eigenvalue weighted by Gasteiger charge is 2.57. The van der Waals surface area contributed by atoms with Crippen LogP contribution in [0.5, 0.6) is 0 Å². The maximum Gasteiger partial charge on any atom is 0.225 e. The first kappa shape index (κ1) is 19.9. The lowest BCUT2D eigenvalue weighted by atomic mass is 9.69. The molecule has 0 unspecified atom stereocenters. The van der Waals surface area contributed by atoms with E-state index in [4.69, 9.17) is 0 Å². The summed E-state index contributed by atoms with van der Waals surface area (Å²) in [5, 5.41) is 9.80. The number of piperidine rings is 1. The molecule has 0 radical (unpaired) electrons. The third kappa shape index (κ3) is 2.98. The first-order valence-corrected chi connectivity index (χ1v) is 11.1. The average Bonchev–Trinajstić information content (AvgIpc) is 3.05. The number of benzene rings is 2. The van der Waals surface area contributed by atoms with Crippen LogP contribution in [0, 0.1) is 41.1 Å². The van der Waals surface area contributed by atoms with Gasteiger partial charge in [0, 0.05) is 37.1 Å². The molecule has 7 heteroatoms. The van der Waals surface area contributed by atoms with Crippen molar-refractivity contribution in [1.82, 2.24) is 9.88 Å². The lowest BCUT2D eigenvalue weighted by Crippen LogP contribution is -2.41. The number of amides is 1. The van der Waals surface area contributed by atoms with Gasteiger partial charge in [-0.15, -0.1) is 0 Å². The molecule has 2 N–H and O–H groups in total. The van der Waals surface area contributed by atoms with Crippen LogP contribution in [-0.4, -0.2) is 40.6 Å². The topological polar surface area (TPSA) is 56.3 Å². The third-order valence-corrected chi connectivity index (χ3v) is 7.79.